The molecule has 0 unspecified atom stereocenters. The fraction of sp³-hybridized carbons (Fsp3) is 0.250. The number of methoxy groups -OCH3 is 4. The van der Waals surface area contributed by atoms with Crippen LogP contribution >= 0.6 is 27.0 Å². The van der Waals surface area contributed by atoms with Crippen molar-refractivity contribution in [2.45, 2.75) is 45.7 Å². The molecule has 0 saturated carbocycles. The summed E-state index contributed by atoms with van der Waals surface area (Å²) in [6.07, 6.45) is 1.58. The molecule has 53 heavy (non-hydrogen) atoms. The summed E-state index contributed by atoms with van der Waals surface area (Å²) in [6, 6.07) is 41.1. The summed E-state index contributed by atoms with van der Waals surface area (Å²) in [6.45, 7) is 5.87. The van der Waals surface area contributed by atoms with Crippen LogP contribution in [0.5, 0.6) is 23.0 Å². The van der Waals surface area contributed by atoms with E-state index >= 15 is 0 Å². The lowest BCUT2D eigenvalue weighted by molar-refractivity contribution is -0.116. The number of hydrogen-bond acceptors (Lipinski definition) is 6. The van der Waals surface area contributed by atoms with E-state index in [9.17, 15) is 4.79 Å². The summed E-state index contributed by atoms with van der Waals surface area (Å²) in [5.74, 6) is 3.16. The molecule has 0 radical (unpaired) electrons. The van der Waals surface area contributed by atoms with Gasteiger partial charge in [-0.1, -0.05) is 72.8 Å². The van der Waals surface area contributed by atoms with Gasteiger partial charge in [0.05, 0.1) is 34.1 Å². The van der Waals surface area contributed by atoms with Gasteiger partial charge in [0.25, 0.3) is 0 Å². The van der Waals surface area contributed by atoms with Crippen LogP contribution < -0.4 is 29.2 Å². The number of carbonyl (C=O) groups is 1. The van der Waals surface area contributed by atoms with Crippen molar-refractivity contribution in [1.82, 2.24) is 0 Å². The maximum Gasteiger partial charge on any atom is 0.224 e. The summed E-state index contributed by atoms with van der Waals surface area (Å²) in [4.78, 5) is 14.4. The Hall–Kier alpha value is -4.99. The van der Waals surface area contributed by atoms with Crippen LogP contribution in [0.4, 0.5) is 11.4 Å². The Morgan fingerprint density at radius 3 is 1.55 bits per heavy atom. The number of nitrogens with one attached hydrogen (secondary N) is 1. The minimum absolute atomic E-state index is 0. The van der Waals surface area contributed by atoms with E-state index in [1.807, 2.05) is 53.4 Å². The number of amides is 1. The molecule has 9 heteroatoms. The Kier molecular flexibility index (Phi) is 16.3. The fourth-order valence-electron chi connectivity index (χ4n) is 6.56. The molecule has 0 saturated heterocycles. The minimum Gasteiger partial charge on any atom is -0.497 e. The highest BCUT2D eigenvalue weighted by molar-refractivity contribution is 7.59. The van der Waals surface area contributed by atoms with Crippen LogP contribution in [0, 0.1) is 0 Å². The number of ether oxygens (including phenoxy) is 4. The number of rotatable bonds is 12. The third-order valence-electron chi connectivity index (χ3n) is 8.89. The number of hydrogen-bond donors (Lipinski definition) is 1. The van der Waals surface area contributed by atoms with Crippen molar-refractivity contribution in [2.24, 2.45) is 0 Å². The van der Waals surface area contributed by atoms with E-state index in [1.165, 1.54) is 16.3 Å². The second kappa shape index (κ2) is 20.3. The standard InChI is InChI=1S/C23H25NO3.C21H23NO2.2H2S.H2/c1-16(12-18-13-20(26-3)15-21(14-18)27-4)24(17(2)25)23-11-7-9-19-8-5-6-10-22(19)23;1-15(11-16-12-18(23-2)14-19(13-16)24-3)22-21-10-6-8-17-7-4-5-9-20(17)21;;;/h5-11,13-16H,12H2,1-4H3;4-10,12-15,22H,11H2,1-3H3;2*1H2;1H/t16-;15-;;;/m00.../s1. The third-order valence-corrected chi connectivity index (χ3v) is 8.89. The zero-order chi connectivity index (χ0) is 36.3. The SMILES string of the molecule is COc1cc(C[C@H](C)N(C(C)=O)c2cccc3ccccc23)cc(OC)c1.COc1cc(C[C@H](C)Nc2cccc3ccccc23)cc(OC)c1.S.S.[HH]. The summed E-state index contributed by atoms with van der Waals surface area (Å²) in [5.41, 5.74) is 4.34. The first-order valence-electron chi connectivity index (χ1n) is 17.2. The van der Waals surface area contributed by atoms with Crippen LogP contribution in [0.2, 0.25) is 0 Å². The molecular weight excluding hydrogens is 701 g/mol. The van der Waals surface area contributed by atoms with Gasteiger partial charge >= 0.3 is 0 Å². The first kappa shape index (κ1) is 42.4. The molecule has 0 spiro atoms. The van der Waals surface area contributed by atoms with Gasteiger partial charge in [0, 0.05) is 49.0 Å². The van der Waals surface area contributed by atoms with Crippen LogP contribution in [0.3, 0.4) is 0 Å². The van der Waals surface area contributed by atoms with E-state index in [0.29, 0.717) is 6.42 Å². The molecule has 7 nitrogen and oxygen atoms in total. The monoisotopic (exact) mass is 754 g/mol. The van der Waals surface area contributed by atoms with Gasteiger partial charge in [-0.3, -0.25) is 4.79 Å². The Bertz CT molecular complexity index is 2040. The van der Waals surface area contributed by atoms with Crippen LogP contribution in [0.25, 0.3) is 21.5 Å². The molecule has 282 valence electrons. The van der Waals surface area contributed by atoms with Crippen LogP contribution in [0.15, 0.2) is 121 Å². The summed E-state index contributed by atoms with van der Waals surface area (Å²) in [5, 5.41) is 8.32. The first-order chi connectivity index (χ1) is 24.7. The average molecular weight is 755 g/mol. The predicted molar refractivity (Wildman–Crippen MR) is 233 cm³/mol. The Labute approximate surface area is 329 Å². The second-order valence-corrected chi connectivity index (χ2v) is 12.7. The van der Waals surface area contributed by atoms with E-state index in [0.717, 1.165) is 57.1 Å². The Morgan fingerprint density at radius 1 is 0.604 bits per heavy atom. The zero-order valence-electron chi connectivity index (χ0n) is 31.6. The summed E-state index contributed by atoms with van der Waals surface area (Å²) in [7, 11) is 6.63. The van der Waals surface area contributed by atoms with Crippen molar-refractivity contribution in [3.8, 4) is 23.0 Å². The molecule has 0 bridgehead atoms. The molecule has 1 amide bonds. The number of anilines is 2. The number of nitrogens with zero attached hydrogens (tertiary/aromatic N) is 1. The third kappa shape index (κ3) is 11.0. The molecule has 0 aliphatic heterocycles. The molecule has 1 N–H and O–H groups in total. The molecule has 0 aliphatic carbocycles. The first-order valence-corrected chi connectivity index (χ1v) is 17.2. The van der Waals surface area contributed by atoms with Gasteiger partial charge in [-0.2, -0.15) is 27.0 Å². The van der Waals surface area contributed by atoms with Gasteiger partial charge in [-0.25, -0.2) is 0 Å². The van der Waals surface area contributed by atoms with Gasteiger partial charge in [0.15, 0.2) is 0 Å². The Morgan fingerprint density at radius 2 is 1.04 bits per heavy atom. The average Bonchev–Trinajstić information content (AvgIpc) is 3.14. The largest absolute Gasteiger partial charge is 0.497 e. The van der Waals surface area contributed by atoms with E-state index in [1.54, 1.807) is 35.4 Å². The smallest absolute Gasteiger partial charge is 0.224 e. The highest BCUT2D eigenvalue weighted by atomic mass is 32.1. The van der Waals surface area contributed by atoms with Crippen LogP contribution in [0.1, 0.15) is 33.3 Å². The van der Waals surface area contributed by atoms with E-state index in [2.05, 4.69) is 92.0 Å². The fourth-order valence-corrected chi connectivity index (χ4v) is 6.56. The molecule has 0 aromatic heterocycles. The van der Waals surface area contributed by atoms with Gasteiger partial charge in [-0.15, -0.1) is 0 Å². The molecule has 6 aromatic rings. The summed E-state index contributed by atoms with van der Waals surface area (Å²) < 4.78 is 21.4. The molecule has 0 aliphatic rings. The maximum atomic E-state index is 12.5. The van der Waals surface area contributed by atoms with Gasteiger partial charge in [0.1, 0.15) is 23.0 Å². The molecule has 0 heterocycles. The van der Waals surface area contributed by atoms with Crippen LogP contribution in [-0.2, 0) is 17.6 Å². The molecule has 0 fully saturated rings. The highest BCUT2D eigenvalue weighted by Crippen LogP contribution is 2.31. The lowest BCUT2D eigenvalue weighted by Crippen LogP contribution is -2.38. The number of fused-ring (bicyclic) bond motifs is 2. The second-order valence-electron chi connectivity index (χ2n) is 12.7. The van der Waals surface area contributed by atoms with Gasteiger partial charge < -0.3 is 29.2 Å². The summed E-state index contributed by atoms with van der Waals surface area (Å²) >= 11 is 0. The van der Waals surface area contributed by atoms with Crippen molar-refractivity contribution in [2.75, 3.05) is 38.7 Å². The van der Waals surface area contributed by atoms with Gasteiger partial charge in [0.2, 0.25) is 5.91 Å². The molecule has 6 rings (SSSR count). The normalized spacial score (nSPS) is 11.5. The van der Waals surface area contributed by atoms with Crippen molar-refractivity contribution in [3.63, 3.8) is 0 Å². The maximum absolute atomic E-state index is 12.5. The minimum atomic E-state index is -0.0230. The molecular formula is C44H54N2O5S2. The zero-order valence-corrected chi connectivity index (χ0v) is 33.6. The molecule has 6 aromatic carbocycles. The number of benzene rings is 6. The van der Waals surface area contributed by atoms with E-state index in [4.69, 9.17) is 18.9 Å². The van der Waals surface area contributed by atoms with Crippen molar-refractivity contribution in [3.05, 3.63) is 132 Å². The van der Waals surface area contributed by atoms with Crippen LogP contribution in [-0.4, -0.2) is 46.4 Å². The van der Waals surface area contributed by atoms with Crippen molar-refractivity contribution in [1.29, 1.82) is 0 Å². The predicted octanol–water partition coefficient (Wildman–Crippen LogP) is 10.2. The van der Waals surface area contributed by atoms with E-state index in [-0.39, 0.29) is 46.4 Å². The van der Waals surface area contributed by atoms with Crippen molar-refractivity contribution >= 4 is 65.8 Å². The lowest BCUT2D eigenvalue weighted by atomic mass is 10.0. The van der Waals surface area contributed by atoms with Gasteiger partial charge in [-0.05, 0) is 85.0 Å². The molecule has 2 atom stereocenters. The Balaban J connectivity index is 0.000000356. The topological polar surface area (TPSA) is 69.3 Å². The lowest BCUT2D eigenvalue weighted by Gasteiger charge is -2.30. The number of carbonyl (C=O) groups excluding carboxylic acids is 1. The van der Waals surface area contributed by atoms with E-state index < -0.39 is 0 Å². The van der Waals surface area contributed by atoms with Crippen molar-refractivity contribution < 1.29 is 25.2 Å². The highest BCUT2D eigenvalue weighted by Gasteiger charge is 2.21. The quantitative estimate of drug-likeness (QED) is 0.134.